The molecule has 0 aromatic rings. The molecule has 0 aliphatic carbocycles. The molecule has 10 heteroatoms. The highest BCUT2D eigenvalue weighted by Crippen LogP contribution is 2.24. The second-order valence-electron chi connectivity index (χ2n) is 7.33. The van der Waals surface area contributed by atoms with E-state index in [4.69, 9.17) is 20.9 Å². The zero-order chi connectivity index (χ0) is 24.2. The van der Waals surface area contributed by atoms with Crippen LogP contribution >= 0.6 is 12.6 Å². The molecule has 180 valence electrons. The summed E-state index contributed by atoms with van der Waals surface area (Å²) < 4.78 is 10.4. The fraction of sp³-hybridized carbons (Fsp3) is 0.850. The lowest BCUT2D eigenvalue weighted by Gasteiger charge is -2.33. The minimum atomic E-state index is -0.442. The van der Waals surface area contributed by atoms with Crippen LogP contribution in [0.15, 0.2) is 0 Å². The first-order valence-electron chi connectivity index (χ1n) is 10.3. The van der Waals surface area contributed by atoms with E-state index in [1.54, 1.807) is 0 Å². The lowest BCUT2D eigenvalue weighted by molar-refractivity contribution is -0.122. The van der Waals surface area contributed by atoms with Crippen LogP contribution < -0.4 is 22.1 Å². The largest absolute Gasteiger partial charge is 0.379 e. The molecule has 0 aromatic heterocycles. The molecule has 0 fully saturated rings. The van der Waals surface area contributed by atoms with Gasteiger partial charge in [-0.05, 0) is 34.6 Å². The number of carbonyl (C=O) groups excluding carboxylic acids is 3. The molecule has 0 radical (unpaired) electrons. The van der Waals surface area contributed by atoms with Crippen LogP contribution in [0.25, 0.3) is 0 Å². The predicted octanol–water partition coefficient (Wildman–Crippen LogP) is 0.994. The fourth-order valence-electron chi connectivity index (χ4n) is 1.31. The zero-order valence-electron chi connectivity index (χ0n) is 19.7. The van der Waals surface area contributed by atoms with E-state index >= 15 is 0 Å². The average Bonchev–Trinajstić information content (AvgIpc) is 2.62. The van der Waals surface area contributed by atoms with E-state index in [0.717, 1.165) is 0 Å². The van der Waals surface area contributed by atoms with Crippen LogP contribution in [0.2, 0.25) is 0 Å². The van der Waals surface area contributed by atoms with Gasteiger partial charge in [-0.15, -0.1) is 0 Å². The summed E-state index contributed by atoms with van der Waals surface area (Å²) in [4.78, 5) is 32.1. The minimum Gasteiger partial charge on any atom is -0.379 e. The van der Waals surface area contributed by atoms with Gasteiger partial charge in [0, 0.05) is 29.7 Å². The van der Waals surface area contributed by atoms with Gasteiger partial charge in [-0.2, -0.15) is 12.6 Å². The first-order valence-corrected chi connectivity index (χ1v) is 10.7. The van der Waals surface area contributed by atoms with E-state index in [0.29, 0.717) is 13.0 Å². The van der Waals surface area contributed by atoms with Crippen molar-refractivity contribution < 1.29 is 23.9 Å². The molecule has 6 N–H and O–H groups in total. The van der Waals surface area contributed by atoms with Crippen LogP contribution in [-0.2, 0) is 23.9 Å². The second-order valence-corrected chi connectivity index (χ2v) is 8.45. The summed E-state index contributed by atoms with van der Waals surface area (Å²) in [6.45, 7) is 15.3. The van der Waals surface area contributed by atoms with E-state index in [-0.39, 0.29) is 61.5 Å². The number of carbonyl (C=O) groups is 3. The average molecular weight is 453 g/mol. The summed E-state index contributed by atoms with van der Waals surface area (Å²) in [5.74, 6) is -0.520. The van der Waals surface area contributed by atoms with Gasteiger partial charge in [0.15, 0.2) is 0 Å². The molecular formula is C20H44N4O5S. The zero-order valence-corrected chi connectivity index (χ0v) is 20.6. The maximum atomic E-state index is 11.2. The van der Waals surface area contributed by atoms with Gasteiger partial charge < -0.3 is 31.6 Å². The highest BCUT2D eigenvalue weighted by Gasteiger charge is 2.28. The molecular weight excluding hydrogens is 408 g/mol. The number of hydrogen-bond donors (Lipinski definition) is 5. The molecule has 0 aliphatic rings. The molecule has 1 atom stereocenters. The number of thiol groups is 1. The van der Waals surface area contributed by atoms with E-state index in [2.05, 4.69) is 23.3 Å². The summed E-state index contributed by atoms with van der Waals surface area (Å²) in [6, 6.07) is -0.324. The molecule has 0 saturated heterocycles. The SMILES string of the molecule is CC.CC(C)(N)C(C)(C)S.CCNC(=O)CCOCC(COCCC(N)=O)NC=O. The molecule has 0 spiro atoms. The monoisotopic (exact) mass is 452 g/mol. The van der Waals surface area contributed by atoms with Crippen molar-refractivity contribution in [2.24, 2.45) is 11.5 Å². The van der Waals surface area contributed by atoms with Gasteiger partial charge in [0.1, 0.15) is 0 Å². The van der Waals surface area contributed by atoms with Crippen molar-refractivity contribution in [2.45, 2.75) is 77.6 Å². The fourth-order valence-corrected chi connectivity index (χ4v) is 1.31. The van der Waals surface area contributed by atoms with Crippen molar-refractivity contribution in [3.8, 4) is 0 Å². The molecule has 0 bridgehead atoms. The lowest BCUT2D eigenvalue weighted by atomic mass is 9.91. The van der Waals surface area contributed by atoms with Gasteiger partial charge in [-0.25, -0.2) is 0 Å². The lowest BCUT2D eigenvalue weighted by Crippen LogP contribution is -2.48. The summed E-state index contributed by atoms with van der Waals surface area (Å²) in [7, 11) is 0. The van der Waals surface area contributed by atoms with Crippen molar-refractivity contribution in [3.63, 3.8) is 0 Å². The third-order valence-electron chi connectivity index (χ3n) is 3.86. The Balaban J connectivity index is -0.000000609. The Morgan fingerprint density at radius 3 is 1.83 bits per heavy atom. The highest BCUT2D eigenvalue weighted by molar-refractivity contribution is 7.81. The van der Waals surface area contributed by atoms with Crippen LogP contribution in [0, 0.1) is 0 Å². The van der Waals surface area contributed by atoms with E-state index < -0.39 is 5.91 Å². The third-order valence-corrected chi connectivity index (χ3v) is 4.44. The predicted molar refractivity (Wildman–Crippen MR) is 124 cm³/mol. The van der Waals surface area contributed by atoms with E-state index in [9.17, 15) is 14.4 Å². The highest BCUT2D eigenvalue weighted by atomic mass is 32.1. The van der Waals surface area contributed by atoms with Crippen LogP contribution in [0.5, 0.6) is 0 Å². The quantitative estimate of drug-likeness (QED) is 0.151. The van der Waals surface area contributed by atoms with E-state index in [1.807, 2.05) is 48.5 Å². The number of hydrogen-bond acceptors (Lipinski definition) is 7. The number of amides is 3. The summed E-state index contributed by atoms with van der Waals surface area (Å²) in [5, 5.41) is 5.19. The molecule has 9 nitrogen and oxygen atoms in total. The van der Waals surface area contributed by atoms with Crippen molar-refractivity contribution in [1.82, 2.24) is 10.6 Å². The Morgan fingerprint density at radius 2 is 1.50 bits per heavy atom. The number of primary amides is 1. The smallest absolute Gasteiger partial charge is 0.222 e. The summed E-state index contributed by atoms with van der Waals surface area (Å²) in [6.07, 6.45) is 0.950. The van der Waals surface area contributed by atoms with Gasteiger partial charge in [0.05, 0.1) is 32.5 Å². The maximum absolute atomic E-state index is 11.2. The summed E-state index contributed by atoms with van der Waals surface area (Å²) in [5.41, 5.74) is 10.5. The third kappa shape index (κ3) is 22.9. The number of nitrogens with one attached hydrogen (secondary N) is 2. The van der Waals surface area contributed by atoms with Gasteiger partial charge in [0.25, 0.3) is 0 Å². The first-order chi connectivity index (χ1) is 13.8. The van der Waals surface area contributed by atoms with Crippen molar-refractivity contribution >= 4 is 30.9 Å². The molecule has 0 heterocycles. The molecule has 3 amide bonds. The maximum Gasteiger partial charge on any atom is 0.222 e. The standard InChI is InChI=1S/C12H23N3O5.C6H15NS.C2H6/c1-2-14-12(18)4-6-20-8-10(15-9-16)7-19-5-3-11(13)17;1-5(2,7)6(3,4)8;1-2/h9-10H,2-8H2,1H3,(H2,13,17)(H,14,18)(H,15,16);8H,7H2,1-4H3;1-2H3. The minimum absolute atomic E-state index is 0.0786. The van der Waals surface area contributed by atoms with Gasteiger partial charge >= 0.3 is 0 Å². The number of ether oxygens (including phenoxy) is 2. The Hall–Kier alpha value is -1.36. The Kier molecular flexibility index (Phi) is 21.7. The van der Waals surface area contributed by atoms with Gasteiger partial charge in [0.2, 0.25) is 18.2 Å². The first kappa shape index (κ1) is 33.3. The van der Waals surface area contributed by atoms with Crippen molar-refractivity contribution in [2.75, 3.05) is 33.0 Å². The van der Waals surface area contributed by atoms with Crippen molar-refractivity contribution in [1.29, 1.82) is 0 Å². The number of nitrogens with two attached hydrogens (primary N) is 2. The van der Waals surface area contributed by atoms with Crippen LogP contribution in [0.4, 0.5) is 0 Å². The Bertz CT molecular complexity index is 439. The normalized spacial score (nSPS) is 11.8. The van der Waals surface area contributed by atoms with Gasteiger partial charge in [-0.1, -0.05) is 13.8 Å². The summed E-state index contributed by atoms with van der Waals surface area (Å²) >= 11 is 4.31. The molecule has 0 aromatic carbocycles. The molecule has 30 heavy (non-hydrogen) atoms. The molecule has 1 unspecified atom stereocenters. The molecule has 0 rings (SSSR count). The van der Waals surface area contributed by atoms with Crippen LogP contribution in [0.1, 0.15) is 61.3 Å². The number of rotatable bonds is 14. The molecule has 0 saturated carbocycles. The Labute approximate surface area is 187 Å². The van der Waals surface area contributed by atoms with Crippen LogP contribution in [-0.4, -0.2) is 67.5 Å². The van der Waals surface area contributed by atoms with Gasteiger partial charge in [-0.3, -0.25) is 14.4 Å². The van der Waals surface area contributed by atoms with Crippen LogP contribution in [0.3, 0.4) is 0 Å². The molecule has 0 aliphatic heterocycles. The van der Waals surface area contributed by atoms with E-state index in [1.165, 1.54) is 0 Å². The van der Waals surface area contributed by atoms with Crippen molar-refractivity contribution in [3.05, 3.63) is 0 Å². The Morgan fingerprint density at radius 1 is 1.07 bits per heavy atom. The second kappa shape index (κ2) is 19.6. The topological polar surface area (TPSA) is 146 Å².